The van der Waals surface area contributed by atoms with E-state index < -0.39 is 46.4 Å². The summed E-state index contributed by atoms with van der Waals surface area (Å²) in [6.45, 7) is 1.51. The van der Waals surface area contributed by atoms with Gasteiger partial charge in [0.2, 0.25) is 5.82 Å². The number of carbonyl (C=O) groups is 1. The third-order valence-electron chi connectivity index (χ3n) is 2.39. The van der Waals surface area contributed by atoms with Crippen LogP contribution in [0.4, 0.5) is 22.0 Å². The summed E-state index contributed by atoms with van der Waals surface area (Å²) >= 11 is 0. The minimum atomic E-state index is -2.29. The average Bonchev–Trinajstić information content (AvgIpc) is 2.93. The van der Waals surface area contributed by atoms with E-state index >= 15 is 0 Å². The van der Waals surface area contributed by atoms with Crippen molar-refractivity contribution in [1.82, 2.24) is 15.0 Å². The number of esters is 1. The second-order valence-electron chi connectivity index (χ2n) is 3.69. The summed E-state index contributed by atoms with van der Waals surface area (Å²) in [5.74, 6) is -11.7. The molecular weight excluding hydrogens is 301 g/mol. The molecule has 0 N–H and O–H groups in total. The zero-order valence-corrected chi connectivity index (χ0v) is 10.3. The van der Waals surface area contributed by atoms with Crippen molar-refractivity contribution in [2.45, 2.75) is 6.92 Å². The second kappa shape index (κ2) is 5.46. The lowest BCUT2D eigenvalue weighted by Gasteiger charge is -2.06. The van der Waals surface area contributed by atoms with E-state index in [9.17, 15) is 26.7 Å². The number of hydrogen-bond acceptors (Lipinski definition) is 4. The van der Waals surface area contributed by atoms with E-state index in [0.29, 0.717) is 6.20 Å². The smallest absolute Gasteiger partial charge is 0.360 e. The van der Waals surface area contributed by atoms with Gasteiger partial charge in [0.05, 0.1) is 12.8 Å². The summed E-state index contributed by atoms with van der Waals surface area (Å²) in [4.78, 5) is 11.3. The quantitative estimate of drug-likeness (QED) is 0.377. The molecule has 2 aromatic rings. The van der Waals surface area contributed by atoms with Gasteiger partial charge in [0, 0.05) is 0 Å². The van der Waals surface area contributed by atoms with Crippen LogP contribution in [0.25, 0.3) is 5.69 Å². The molecule has 0 bridgehead atoms. The van der Waals surface area contributed by atoms with E-state index in [0.717, 1.165) is 0 Å². The molecule has 1 aromatic heterocycles. The van der Waals surface area contributed by atoms with Gasteiger partial charge >= 0.3 is 5.97 Å². The minimum absolute atomic E-state index is 0.00815. The lowest BCUT2D eigenvalue weighted by molar-refractivity contribution is 0.0519. The lowest BCUT2D eigenvalue weighted by Crippen LogP contribution is -2.10. The Morgan fingerprint density at radius 2 is 1.62 bits per heavy atom. The Hall–Kier alpha value is -2.52. The molecule has 112 valence electrons. The number of halogens is 5. The van der Waals surface area contributed by atoms with E-state index in [1.807, 2.05) is 0 Å². The van der Waals surface area contributed by atoms with Gasteiger partial charge in [-0.2, -0.15) is 0 Å². The fourth-order valence-corrected chi connectivity index (χ4v) is 1.47. The van der Waals surface area contributed by atoms with Crippen molar-refractivity contribution in [3.63, 3.8) is 0 Å². The fourth-order valence-electron chi connectivity index (χ4n) is 1.47. The molecule has 2 rings (SSSR count). The van der Waals surface area contributed by atoms with Gasteiger partial charge in [-0.15, -0.1) is 5.10 Å². The second-order valence-corrected chi connectivity index (χ2v) is 3.69. The Labute approximate surface area is 113 Å². The highest BCUT2D eigenvalue weighted by Crippen LogP contribution is 2.25. The van der Waals surface area contributed by atoms with E-state index in [-0.39, 0.29) is 11.3 Å². The van der Waals surface area contributed by atoms with Crippen LogP contribution in [0.1, 0.15) is 17.4 Å². The topological polar surface area (TPSA) is 57.0 Å². The standard InChI is InChI=1S/C11H6F5N3O2/c1-2-21-11(20)4-3-19(18-17-4)10-8(15)6(13)5(12)7(14)9(10)16/h3H,2H2,1H3. The van der Waals surface area contributed by atoms with Crippen LogP contribution < -0.4 is 0 Å². The highest BCUT2D eigenvalue weighted by Gasteiger charge is 2.28. The van der Waals surface area contributed by atoms with E-state index in [4.69, 9.17) is 0 Å². The molecule has 0 spiro atoms. The van der Waals surface area contributed by atoms with Crippen LogP contribution in [0.15, 0.2) is 6.20 Å². The van der Waals surface area contributed by atoms with E-state index in [1.54, 1.807) is 0 Å². The first kappa shape index (κ1) is 14.9. The van der Waals surface area contributed by atoms with Crippen molar-refractivity contribution >= 4 is 5.97 Å². The summed E-state index contributed by atoms with van der Waals surface area (Å²) in [5.41, 5.74) is -1.78. The predicted molar refractivity (Wildman–Crippen MR) is 57.1 cm³/mol. The molecule has 1 aromatic carbocycles. The van der Waals surface area contributed by atoms with Crippen molar-refractivity contribution < 1.29 is 31.5 Å². The average molecular weight is 307 g/mol. The first-order chi connectivity index (χ1) is 9.88. The summed E-state index contributed by atoms with van der Waals surface area (Å²) in [7, 11) is 0. The maximum atomic E-state index is 13.5. The van der Waals surface area contributed by atoms with Crippen LogP contribution in [0, 0.1) is 29.1 Å². The molecule has 5 nitrogen and oxygen atoms in total. The number of aromatic nitrogens is 3. The van der Waals surface area contributed by atoms with Crippen LogP contribution in [0.5, 0.6) is 0 Å². The Kier molecular flexibility index (Phi) is 3.87. The van der Waals surface area contributed by atoms with E-state index in [2.05, 4.69) is 15.0 Å². The van der Waals surface area contributed by atoms with Crippen molar-refractivity contribution in [2.24, 2.45) is 0 Å². The molecule has 0 radical (unpaired) electrons. The van der Waals surface area contributed by atoms with Crippen molar-refractivity contribution in [3.8, 4) is 5.69 Å². The molecule has 0 unspecified atom stereocenters. The van der Waals surface area contributed by atoms with Gasteiger partial charge in [0.15, 0.2) is 29.0 Å². The summed E-state index contributed by atoms with van der Waals surface area (Å²) in [5, 5.41) is 6.39. The summed E-state index contributed by atoms with van der Waals surface area (Å²) < 4.78 is 70.9. The van der Waals surface area contributed by atoms with Gasteiger partial charge in [-0.05, 0) is 6.92 Å². The third-order valence-corrected chi connectivity index (χ3v) is 2.39. The zero-order valence-electron chi connectivity index (χ0n) is 10.3. The summed E-state index contributed by atoms with van der Waals surface area (Å²) in [6, 6.07) is 0. The normalized spacial score (nSPS) is 10.8. The van der Waals surface area contributed by atoms with Gasteiger partial charge in [0.1, 0.15) is 5.69 Å². The van der Waals surface area contributed by atoms with Crippen LogP contribution in [-0.4, -0.2) is 27.6 Å². The predicted octanol–water partition coefficient (Wildman–Crippen LogP) is 2.14. The Bertz CT molecular complexity index is 687. The van der Waals surface area contributed by atoms with E-state index in [1.165, 1.54) is 6.92 Å². The van der Waals surface area contributed by atoms with Crippen LogP contribution >= 0.6 is 0 Å². The minimum Gasteiger partial charge on any atom is -0.461 e. The fraction of sp³-hybridized carbons (Fsp3) is 0.182. The Balaban J connectivity index is 2.56. The number of benzene rings is 1. The molecule has 1 heterocycles. The maximum absolute atomic E-state index is 13.5. The van der Waals surface area contributed by atoms with Gasteiger partial charge < -0.3 is 4.74 Å². The van der Waals surface area contributed by atoms with Crippen molar-refractivity contribution in [1.29, 1.82) is 0 Å². The lowest BCUT2D eigenvalue weighted by atomic mass is 10.2. The molecule has 0 amide bonds. The number of carbonyl (C=O) groups excluding carboxylic acids is 1. The third kappa shape index (κ3) is 2.43. The van der Waals surface area contributed by atoms with Gasteiger partial charge in [-0.1, -0.05) is 5.21 Å². The molecule has 0 saturated heterocycles. The molecule has 0 aliphatic heterocycles. The number of hydrogen-bond donors (Lipinski definition) is 0. The highest BCUT2D eigenvalue weighted by atomic mass is 19.2. The molecule has 21 heavy (non-hydrogen) atoms. The molecule has 10 heteroatoms. The molecule has 0 aliphatic carbocycles. The summed E-state index contributed by atoms with van der Waals surface area (Å²) in [6.07, 6.45) is 0.691. The van der Waals surface area contributed by atoms with Crippen molar-refractivity contribution in [3.05, 3.63) is 41.0 Å². The van der Waals surface area contributed by atoms with Crippen LogP contribution in [0.2, 0.25) is 0 Å². The molecule has 0 fully saturated rings. The van der Waals surface area contributed by atoms with Gasteiger partial charge in [-0.3, -0.25) is 0 Å². The van der Waals surface area contributed by atoms with Crippen molar-refractivity contribution in [2.75, 3.05) is 6.61 Å². The van der Waals surface area contributed by atoms with Gasteiger partial charge in [0.25, 0.3) is 0 Å². The van der Waals surface area contributed by atoms with Crippen LogP contribution in [0.3, 0.4) is 0 Å². The van der Waals surface area contributed by atoms with Crippen LogP contribution in [-0.2, 0) is 4.74 Å². The monoisotopic (exact) mass is 307 g/mol. The number of ether oxygens (including phenoxy) is 1. The first-order valence-electron chi connectivity index (χ1n) is 5.49. The Morgan fingerprint density at radius 1 is 1.10 bits per heavy atom. The largest absolute Gasteiger partial charge is 0.461 e. The molecular formula is C11H6F5N3O2. The molecule has 0 aliphatic rings. The Morgan fingerprint density at radius 3 is 2.14 bits per heavy atom. The SMILES string of the molecule is CCOC(=O)c1cn(-c2c(F)c(F)c(F)c(F)c2F)nn1. The maximum Gasteiger partial charge on any atom is 0.360 e. The van der Waals surface area contributed by atoms with Gasteiger partial charge in [-0.25, -0.2) is 31.4 Å². The molecule has 0 saturated carbocycles. The number of rotatable bonds is 3. The highest BCUT2D eigenvalue weighted by molar-refractivity contribution is 5.86. The molecule has 0 atom stereocenters. The zero-order chi connectivity index (χ0) is 15.7. The number of nitrogens with zero attached hydrogens (tertiary/aromatic N) is 3. The first-order valence-corrected chi connectivity index (χ1v) is 5.49.